The first-order valence-corrected chi connectivity index (χ1v) is 5.87. The Balaban J connectivity index is 3.00. The Hall–Kier alpha value is -1.82. The molecule has 0 aliphatic heterocycles. The number of hydrogen-bond donors (Lipinski definition) is 3. The lowest BCUT2D eigenvalue weighted by Gasteiger charge is -2.14. The van der Waals surface area contributed by atoms with E-state index >= 15 is 0 Å². The number of rotatable bonds is 5. The maximum atomic E-state index is 10.9. The molecular formula is C12H16N2O3S. The van der Waals surface area contributed by atoms with Gasteiger partial charge in [-0.15, -0.1) is 0 Å². The van der Waals surface area contributed by atoms with Crippen LogP contribution in [0.4, 0.5) is 5.69 Å². The van der Waals surface area contributed by atoms with Crippen molar-refractivity contribution in [2.24, 2.45) is 11.7 Å². The van der Waals surface area contributed by atoms with Crippen LogP contribution in [0.5, 0.6) is 5.75 Å². The van der Waals surface area contributed by atoms with Gasteiger partial charge >= 0.3 is 5.97 Å². The van der Waals surface area contributed by atoms with Crippen molar-refractivity contribution in [1.29, 1.82) is 0 Å². The van der Waals surface area contributed by atoms with Gasteiger partial charge in [0.15, 0.2) is 5.11 Å². The summed E-state index contributed by atoms with van der Waals surface area (Å²) in [4.78, 5) is 10.9. The van der Waals surface area contributed by atoms with Gasteiger partial charge in [-0.1, -0.05) is 13.8 Å². The highest BCUT2D eigenvalue weighted by Crippen LogP contribution is 2.26. The van der Waals surface area contributed by atoms with Crippen LogP contribution in [0.25, 0.3) is 0 Å². The van der Waals surface area contributed by atoms with E-state index in [1.54, 1.807) is 6.07 Å². The van der Waals surface area contributed by atoms with E-state index in [0.717, 1.165) is 0 Å². The molecule has 0 atom stereocenters. The molecule has 4 N–H and O–H groups in total. The Labute approximate surface area is 111 Å². The lowest BCUT2D eigenvalue weighted by atomic mass is 10.2. The molecule has 0 fully saturated rings. The largest absolute Gasteiger partial charge is 0.491 e. The quantitative estimate of drug-likeness (QED) is 0.709. The van der Waals surface area contributed by atoms with Gasteiger partial charge in [0.25, 0.3) is 0 Å². The Morgan fingerprint density at radius 1 is 1.56 bits per heavy atom. The highest BCUT2D eigenvalue weighted by Gasteiger charge is 2.10. The zero-order valence-corrected chi connectivity index (χ0v) is 11.1. The summed E-state index contributed by atoms with van der Waals surface area (Å²) in [7, 11) is 0. The second-order valence-corrected chi connectivity index (χ2v) is 4.65. The Morgan fingerprint density at radius 2 is 2.22 bits per heavy atom. The first-order chi connectivity index (χ1) is 8.40. The number of ether oxygens (including phenoxy) is 1. The van der Waals surface area contributed by atoms with Gasteiger partial charge in [0.1, 0.15) is 5.75 Å². The second kappa shape index (κ2) is 6.20. The Morgan fingerprint density at radius 3 is 2.72 bits per heavy atom. The molecule has 0 aromatic heterocycles. The predicted octanol–water partition coefficient (Wildman–Crippen LogP) is 2.08. The minimum Gasteiger partial charge on any atom is -0.491 e. The molecule has 98 valence electrons. The van der Waals surface area contributed by atoms with Crippen LogP contribution < -0.4 is 15.8 Å². The average molecular weight is 268 g/mol. The molecular weight excluding hydrogens is 252 g/mol. The van der Waals surface area contributed by atoms with Crippen molar-refractivity contribution in [3.8, 4) is 5.75 Å². The molecule has 18 heavy (non-hydrogen) atoms. The topological polar surface area (TPSA) is 84.6 Å². The van der Waals surface area contributed by atoms with E-state index in [1.165, 1.54) is 12.1 Å². The molecule has 6 heteroatoms. The zero-order valence-electron chi connectivity index (χ0n) is 10.3. The van der Waals surface area contributed by atoms with Crippen molar-refractivity contribution in [2.75, 3.05) is 11.9 Å². The summed E-state index contributed by atoms with van der Waals surface area (Å²) in [6, 6.07) is 4.51. The third-order valence-corrected chi connectivity index (χ3v) is 2.16. The number of carboxylic acids is 1. The van der Waals surface area contributed by atoms with Crippen LogP contribution in [-0.2, 0) is 0 Å². The molecule has 1 aromatic carbocycles. The summed E-state index contributed by atoms with van der Waals surface area (Å²) in [6.45, 7) is 4.57. The number of benzene rings is 1. The van der Waals surface area contributed by atoms with E-state index in [1.807, 2.05) is 13.8 Å². The maximum absolute atomic E-state index is 10.9. The lowest BCUT2D eigenvalue weighted by Crippen LogP contribution is -2.20. The number of thiocarbonyl (C=S) groups is 1. The van der Waals surface area contributed by atoms with E-state index in [9.17, 15) is 4.79 Å². The van der Waals surface area contributed by atoms with Gasteiger partial charge in [-0.2, -0.15) is 0 Å². The molecule has 1 rings (SSSR count). The van der Waals surface area contributed by atoms with Crippen molar-refractivity contribution in [3.63, 3.8) is 0 Å². The van der Waals surface area contributed by atoms with Crippen molar-refractivity contribution in [2.45, 2.75) is 13.8 Å². The zero-order chi connectivity index (χ0) is 13.7. The average Bonchev–Trinajstić information content (AvgIpc) is 2.26. The van der Waals surface area contributed by atoms with E-state index in [-0.39, 0.29) is 10.7 Å². The van der Waals surface area contributed by atoms with Crippen LogP contribution in [-0.4, -0.2) is 22.8 Å². The molecule has 0 unspecified atom stereocenters. The van der Waals surface area contributed by atoms with Gasteiger partial charge < -0.3 is 20.9 Å². The van der Waals surface area contributed by atoms with Crippen LogP contribution in [0.2, 0.25) is 0 Å². The van der Waals surface area contributed by atoms with Gasteiger partial charge in [0.05, 0.1) is 17.9 Å². The van der Waals surface area contributed by atoms with Gasteiger partial charge in [-0.25, -0.2) is 4.79 Å². The summed E-state index contributed by atoms with van der Waals surface area (Å²) in [5.41, 5.74) is 6.00. The Kier molecular flexibility index (Phi) is 4.91. The fraction of sp³-hybridized carbons (Fsp3) is 0.333. The number of hydrogen-bond acceptors (Lipinski definition) is 3. The van der Waals surface area contributed by atoms with Crippen molar-refractivity contribution in [1.82, 2.24) is 0 Å². The minimum atomic E-state index is -1.02. The minimum absolute atomic E-state index is 0.0620. The van der Waals surface area contributed by atoms with Crippen molar-refractivity contribution in [3.05, 3.63) is 23.8 Å². The number of anilines is 1. The number of carboxylic acid groups (broad SMARTS) is 1. The maximum Gasteiger partial charge on any atom is 0.335 e. The smallest absolute Gasteiger partial charge is 0.335 e. The fourth-order valence-corrected chi connectivity index (χ4v) is 1.39. The molecule has 0 bridgehead atoms. The molecule has 0 heterocycles. The van der Waals surface area contributed by atoms with E-state index in [4.69, 9.17) is 27.8 Å². The summed E-state index contributed by atoms with van der Waals surface area (Å²) in [6.07, 6.45) is 0. The third kappa shape index (κ3) is 4.21. The lowest BCUT2D eigenvalue weighted by molar-refractivity contribution is 0.0697. The number of aromatic carboxylic acids is 1. The van der Waals surface area contributed by atoms with E-state index in [2.05, 4.69) is 5.32 Å². The van der Waals surface area contributed by atoms with Gasteiger partial charge in [-0.3, -0.25) is 0 Å². The number of carbonyl (C=O) groups is 1. The standard InChI is InChI=1S/C12H16N2O3S/c1-7(2)6-17-10-4-3-8(11(15)16)5-9(10)14-12(13)18/h3-5,7H,6H2,1-2H3,(H,15,16)(H3,13,14,18). The van der Waals surface area contributed by atoms with Gasteiger partial charge in [0, 0.05) is 0 Å². The summed E-state index contributed by atoms with van der Waals surface area (Å²) in [5.74, 6) is -0.125. The molecule has 0 radical (unpaired) electrons. The summed E-state index contributed by atoms with van der Waals surface area (Å²) >= 11 is 4.75. The molecule has 0 amide bonds. The van der Waals surface area contributed by atoms with Crippen LogP contribution in [0.1, 0.15) is 24.2 Å². The monoisotopic (exact) mass is 268 g/mol. The van der Waals surface area contributed by atoms with E-state index in [0.29, 0.717) is 24.0 Å². The van der Waals surface area contributed by atoms with Crippen LogP contribution in [0.3, 0.4) is 0 Å². The molecule has 5 nitrogen and oxygen atoms in total. The second-order valence-electron chi connectivity index (χ2n) is 4.21. The summed E-state index contributed by atoms with van der Waals surface area (Å²) < 4.78 is 5.56. The molecule has 0 spiro atoms. The molecule has 0 aliphatic carbocycles. The van der Waals surface area contributed by atoms with Gasteiger partial charge in [0.2, 0.25) is 0 Å². The molecule has 0 saturated heterocycles. The molecule has 1 aromatic rings. The first kappa shape index (κ1) is 14.2. The van der Waals surface area contributed by atoms with Gasteiger partial charge in [-0.05, 0) is 36.3 Å². The van der Waals surface area contributed by atoms with E-state index < -0.39 is 5.97 Å². The highest BCUT2D eigenvalue weighted by molar-refractivity contribution is 7.80. The van der Waals surface area contributed by atoms with Crippen LogP contribution >= 0.6 is 12.2 Å². The molecule has 0 aliphatic rings. The molecule has 0 saturated carbocycles. The number of nitrogens with two attached hydrogens (primary N) is 1. The highest BCUT2D eigenvalue weighted by atomic mass is 32.1. The first-order valence-electron chi connectivity index (χ1n) is 5.46. The fourth-order valence-electron chi connectivity index (χ4n) is 1.28. The summed E-state index contributed by atoms with van der Waals surface area (Å²) in [5, 5.41) is 11.7. The van der Waals surface area contributed by atoms with Crippen molar-refractivity contribution >= 4 is 29.0 Å². The third-order valence-electron chi connectivity index (χ3n) is 2.06. The SMILES string of the molecule is CC(C)COc1ccc(C(=O)O)cc1NC(N)=S. The van der Waals surface area contributed by atoms with Crippen LogP contribution in [0, 0.1) is 5.92 Å². The normalized spacial score (nSPS) is 10.2. The number of nitrogens with one attached hydrogen (secondary N) is 1. The predicted molar refractivity (Wildman–Crippen MR) is 74.1 cm³/mol. The Bertz CT molecular complexity index is 461. The van der Waals surface area contributed by atoms with Crippen LogP contribution in [0.15, 0.2) is 18.2 Å². The van der Waals surface area contributed by atoms with Crippen molar-refractivity contribution < 1.29 is 14.6 Å².